The van der Waals surface area contributed by atoms with Crippen molar-refractivity contribution in [2.75, 3.05) is 11.9 Å². The summed E-state index contributed by atoms with van der Waals surface area (Å²) in [6.07, 6.45) is -3.88. The Bertz CT molecular complexity index is 774. The third kappa shape index (κ3) is 3.27. The van der Waals surface area contributed by atoms with Gasteiger partial charge in [-0.2, -0.15) is 13.2 Å². The molecule has 2 aromatic rings. The van der Waals surface area contributed by atoms with E-state index in [0.717, 1.165) is 23.4 Å². The fourth-order valence-electron chi connectivity index (χ4n) is 2.35. The van der Waals surface area contributed by atoms with Crippen molar-refractivity contribution in [1.29, 1.82) is 0 Å². The highest BCUT2D eigenvalue weighted by Gasteiger charge is 2.33. The number of rotatable bonds is 2. The van der Waals surface area contributed by atoms with Gasteiger partial charge < -0.3 is 10.1 Å². The molecule has 1 N–H and O–H groups in total. The van der Waals surface area contributed by atoms with Gasteiger partial charge in [0.05, 0.1) is 17.2 Å². The number of ether oxygens (including phenoxy) is 1. The maximum atomic E-state index is 12.8. The molecule has 0 unspecified atom stereocenters. The van der Waals surface area contributed by atoms with Gasteiger partial charge in [0.1, 0.15) is 5.75 Å². The van der Waals surface area contributed by atoms with E-state index in [4.69, 9.17) is 16.3 Å². The fraction of sp³-hybridized carbons (Fsp3) is 0.188. The number of nitrogens with one attached hydrogen (secondary N) is 1. The number of amides is 1. The number of alkyl halides is 3. The van der Waals surface area contributed by atoms with Crippen LogP contribution < -0.4 is 10.1 Å². The van der Waals surface area contributed by atoms with Crippen LogP contribution in [-0.2, 0) is 12.6 Å². The normalized spacial score (nSPS) is 13.4. The Morgan fingerprint density at radius 2 is 1.96 bits per heavy atom. The third-order valence-corrected chi connectivity index (χ3v) is 3.81. The van der Waals surface area contributed by atoms with Crippen LogP contribution in [0.1, 0.15) is 21.5 Å². The van der Waals surface area contributed by atoms with E-state index in [0.29, 0.717) is 18.6 Å². The molecular formula is C16H11ClF3NO2. The Balaban J connectivity index is 1.83. The van der Waals surface area contributed by atoms with Crippen LogP contribution in [0.2, 0.25) is 5.02 Å². The Morgan fingerprint density at radius 3 is 2.70 bits per heavy atom. The van der Waals surface area contributed by atoms with Crippen LogP contribution in [-0.4, -0.2) is 12.5 Å². The second kappa shape index (κ2) is 5.77. The second-order valence-electron chi connectivity index (χ2n) is 5.07. The summed E-state index contributed by atoms with van der Waals surface area (Å²) >= 11 is 5.55. The number of anilines is 1. The molecule has 2 aromatic carbocycles. The zero-order valence-electron chi connectivity index (χ0n) is 11.7. The lowest BCUT2D eigenvalue weighted by Crippen LogP contribution is -2.13. The molecule has 0 aliphatic carbocycles. The zero-order chi connectivity index (χ0) is 16.6. The number of carbonyl (C=O) groups excluding carboxylic acids is 1. The number of hydrogen-bond acceptors (Lipinski definition) is 2. The van der Waals surface area contributed by atoms with Gasteiger partial charge >= 0.3 is 6.18 Å². The maximum absolute atomic E-state index is 12.8. The van der Waals surface area contributed by atoms with Crippen molar-refractivity contribution in [3.05, 3.63) is 58.1 Å². The molecule has 1 amide bonds. The van der Waals surface area contributed by atoms with Gasteiger partial charge in [0.2, 0.25) is 0 Å². The number of carbonyl (C=O) groups is 1. The maximum Gasteiger partial charge on any atom is 0.417 e. The average molecular weight is 342 g/mol. The standard InChI is InChI=1S/C16H11ClF3NO2/c17-13-3-2-11(8-12(13)16(18,19)20)21-15(22)10-1-4-14-9(7-10)5-6-23-14/h1-4,7-8H,5-6H2,(H,21,22). The lowest BCUT2D eigenvalue weighted by atomic mass is 10.1. The minimum absolute atomic E-state index is 0.0310. The molecule has 120 valence electrons. The van der Waals surface area contributed by atoms with Crippen molar-refractivity contribution in [1.82, 2.24) is 0 Å². The first-order valence-corrected chi connectivity index (χ1v) is 7.16. The molecule has 1 aliphatic heterocycles. The molecule has 0 saturated carbocycles. The van der Waals surface area contributed by atoms with E-state index < -0.39 is 22.7 Å². The Kier molecular flexibility index (Phi) is 3.93. The summed E-state index contributed by atoms with van der Waals surface area (Å²) in [5.41, 5.74) is 0.310. The van der Waals surface area contributed by atoms with Crippen LogP contribution in [0.4, 0.5) is 18.9 Å². The first kappa shape index (κ1) is 15.7. The molecule has 0 radical (unpaired) electrons. The van der Waals surface area contributed by atoms with Crippen molar-refractivity contribution in [2.45, 2.75) is 12.6 Å². The molecular weight excluding hydrogens is 331 g/mol. The van der Waals surface area contributed by atoms with Gasteiger partial charge in [0.15, 0.2) is 0 Å². The number of hydrogen-bond donors (Lipinski definition) is 1. The van der Waals surface area contributed by atoms with E-state index in [1.54, 1.807) is 18.2 Å². The molecule has 3 nitrogen and oxygen atoms in total. The van der Waals surface area contributed by atoms with Gasteiger partial charge in [0.25, 0.3) is 5.91 Å². The average Bonchev–Trinajstić information content (AvgIpc) is 2.95. The predicted octanol–water partition coefficient (Wildman–Crippen LogP) is 4.55. The summed E-state index contributed by atoms with van der Waals surface area (Å²) in [7, 11) is 0. The van der Waals surface area contributed by atoms with Crippen LogP contribution in [0, 0.1) is 0 Å². The molecule has 3 rings (SSSR count). The van der Waals surface area contributed by atoms with Crippen molar-refractivity contribution < 1.29 is 22.7 Å². The molecule has 0 saturated heterocycles. The highest BCUT2D eigenvalue weighted by molar-refractivity contribution is 6.31. The zero-order valence-corrected chi connectivity index (χ0v) is 12.5. The topological polar surface area (TPSA) is 38.3 Å². The van der Waals surface area contributed by atoms with E-state index in [-0.39, 0.29) is 5.69 Å². The van der Waals surface area contributed by atoms with Crippen LogP contribution in [0.25, 0.3) is 0 Å². The highest BCUT2D eigenvalue weighted by Crippen LogP contribution is 2.36. The number of halogens is 4. The molecule has 0 bridgehead atoms. The highest BCUT2D eigenvalue weighted by atomic mass is 35.5. The van der Waals surface area contributed by atoms with Gasteiger partial charge in [-0.25, -0.2) is 0 Å². The van der Waals surface area contributed by atoms with Gasteiger partial charge in [-0.1, -0.05) is 11.6 Å². The van der Waals surface area contributed by atoms with Crippen LogP contribution in [0.3, 0.4) is 0 Å². The van der Waals surface area contributed by atoms with E-state index in [9.17, 15) is 18.0 Å². The van der Waals surface area contributed by atoms with Crippen molar-refractivity contribution in [2.24, 2.45) is 0 Å². The summed E-state index contributed by atoms with van der Waals surface area (Å²) in [5.74, 6) is 0.238. The molecule has 1 aliphatic rings. The summed E-state index contributed by atoms with van der Waals surface area (Å²) in [4.78, 5) is 12.2. The second-order valence-corrected chi connectivity index (χ2v) is 5.47. The first-order valence-electron chi connectivity index (χ1n) is 6.78. The number of fused-ring (bicyclic) bond motifs is 1. The Labute approximate surface area is 135 Å². The van der Waals surface area contributed by atoms with Crippen molar-refractivity contribution in [3.63, 3.8) is 0 Å². The lowest BCUT2D eigenvalue weighted by molar-refractivity contribution is -0.137. The fourth-order valence-corrected chi connectivity index (χ4v) is 2.58. The predicted molar refractivity (Wildman–Crippen MR) is 80.0 cm³/mol. The summed E-state index contributed by atoms with van der Waals surface area (Å²) < 4.78 is 43.8. The van der Waals surface area contributed by atoms with Crippen LogP contribution in [0.5, 0.6) is 5.75 Å². The third-order valence-electron chi connectivity index (χ3n) is 3.48. The van der Waals surface area contributed by atoms with Gasteiger partial charge in [0, 0.05) is 17.7 Å². The molecule has 23 heavy (non-hydrogen) atoms. The van der Waals surface area contributed by atoms with Gasteiger partial charge in [-0.15, -0.1) is 0 Å². The smallest absolute Gasteiger partial charge is 0.417 e. The van der Waals surface area contributed by atoms with E-state index in [1.807, 2.05) is 0 Å². The molecule has 0 spiro atoms. The minimum Gasteiger partial charge on any atom is -0.493 e. The molecule has 0 atom stereocenters. The largest absolute Gasteiger partial charge is 0.493 e. The monoisotopic (exact) mass is 341 g/mol. The molecule has 7 heteroatoms. The lowest BCUT2D eigenvalue weighted by Gasteiger charge is -2.12. The quantitative estimate of drug-likeness (QED) is 0.870. The SMILES string of the molecule is O=C(Nc1ccc(Cl)c(C(F)(F)F)c1)c1ccc2c(c1)CCO2. The van der Waals surface area contributed by atoms with Crippen molar-refractivity contribution >= 4 is 23.2 Å². The van der Waals surface area contributed by atoms with Crippen LogP contribution in [0.15, 0.2) is 36.4 Å². The molecule has 0 aromatic heterocycles. The Hall–Kier alpha value is -2.21. The van der Waals surface area contributed by atoms with E-state index in [1.165, 1.54) is 6.07 Å². The summed E-state index contributed by atoms with van der Waals surface area (Å²) in [6, 6.07) is 8.18. The van der Waals surface area contributed by atoms with Gasteiger partial charge in [-0.3, -0.25) is 4.79 Å². The summed E-state index contributed by atoms with van der Waals surface area (Å²) in [6.45, 7) is 0.562. The van der Waals surface area contributed by atoms with E-state index in [2.05, 4.69) is 5.32 Å². The first-order chi connectivity index (χ1) is 10.8. The minimum atomic E-state index is -4.58. The van der Waals surface area contributed by atoms with Gasteiger partial charge in [-0.05, 0) is 42.0 Å². The summed E-state index contributed by atoms with van der Waals surface area (Å²) in [5, 5.41) is 2.04. The van der Waals surface area contributed by atoms with E-state index >= 15 is 0 Å². The van der Waals surface area contributed by atoms with Crippen LogP contribution >= 0.6 is 11.6 Å². The Morgan fingerprint density at radius 1 is 1.17 bits per heavy atom. The molecule has 0 fully saturated rings. The number of benzene rings is 2. The molecule has 1 heterocycles. The van der Waals surface area contributed by atoms with Crippen molar-refractivity contribution in [3.8, 4) is 5.75 Å².